The molecule has 0 aromatic heterocycles. The van der Waals surface area contributed by atoms with E-state index in [2.05, 4.69) is 21.2 Å². The molecule has 0 saturated carbocycles. The van der Waals surface area contributed by atoms with Gasteiger partial charge in [0.1, 0.15) is 16.0 Å². The van der Waals surface area contributed by atoms with Gasteiger partial charge in [-0.2, -0.15) is 0 Å². The Labute approximate surface area is 125 Å². The Kier molecular flexibility index (Phi) is 4.46. The van der Waals surface area contributed by atoms with Crippen LogP contribution < -0.4 is 5.32 Å². The Morgan fingerprint density at radius 2 is 1.81 bits per heavy atom. The molecule has 1 N–H and O–H groups in total. The highest BCUT2D eigenvalue weighted by Crippen LogP contribution is 2.29. The van der Waals surface area contributed by atoms with Gasteiger partial charge in [-0.15, -0.1) is 0 Å². The molecule has 0 bridgehead atoms. The standard InChI is InChI=1S/C13H8BrF3N2O2/c14-12-7(2-1-3-11(12)19(20)21)6-18-13-9(16)4-8(15)5-10(13)17/h1-5,18H,6H2. The topological polar surface area (TPSA) is 55.2 Å². The van der Waals surface area contributed by atoms with Gasteiger partial charge in [-0.1, -0.05) is 12.1 Å². The van der Waals surface area contributed by atoms with Gasteiger partial charge >= 0.3 is 0 Å². The van der Waals surface area contributed by atoms with Crippen LogP contribution in [0.15, 0.2) is 34.8 Å². The normalized spacial score (nSPS) is 10.5. The van der Waals surface area contributed by atoms with Gasteiger partial charge in [-0.25, -0.2) is 13.2 Å². The first kappa shape index (κ1) is 15.3. The number of halogens is 4. The fourth-order valence-corrected chi connectivity index (χ4v) is 2.29. The van der Waals surface area contributed by atoms with Crippen LogP contribution in [0.25, 0.3) is 0 Å². The molecule has 4 nitrogen and oxygen atoms in total. The Morgan fingerprint density at radius 1 is 1.19 bits per heavy atom. The predicted octanol–water partition coefficient (Wildman–Crippen LogP) is 4.39. The van der Waals surface area contributed by atoms with E-state index in [0.29, 0.717) is 17.7 Å². The third kappa shape index (κ3) is 3.33. The lowest BCUT2D eigenvalue weighted by Crippen LogP contribution is -2.05. The van der Waals surface area contributed by atoms with Gasteiger partial charge < -0.3 is 5.32 Å². The molecule has 0 heterocycles. The molecule has 0 aliphatic heterocycles. The molecule has 0 aliphatic carbocycles. The minimum absolute atomic E-state index is 0.0677. The van der Waals surface area contributed by atoms with Gasteiger partial charge in [0, 0.05) is 24.7 Å². The van der Waals surface area contributed by atoms with E-state index in [9.17, 15) is 23.3 Å². The lowest BCUT2D eigenvalue weighted by atomic mass is 10.2. The van der Waals surface area contributed by atoms with Crippen molar-refractivity contribution in [1.29, 1.82) is 0 Å². The Balaban J connectivity index is 2.25. The average Bonchev–Trinajstić information content (AvgIpc) is 2.38. The molecule has 0 radical (unpaired) electrons. The average molecular weight is 361 g/mol. The largest absolute Gasteiger partial charge is 0.376 e. The number of nitro groups is 1. The summed E-state index contributed by atoms with van der Waals surface area (Å²) in [6, 6.07) is 5.41. The Morgan fingerprint density at radius 3 is 2.38 bits per heavy atom. The first-order valence-corrected chi connectivity index (χ1v) is 6.49. The van der Waals surface area contributed by atoms with E-state index in [-0.39, 0.29) is 16.7 Å². The van der Waals surface area contributed by atoms with E-state index < -0.39 is 28.1 Å². The molecule has 2 rings (SSSR count). The quantitative estimate of drug-likeness (QED) is 0.649. The summed E-state index contributed by atoms with van der Waals surface area (Å²) in [4.78, 5) is 10.2. The molecule has 110 valence electrons. The van der Waals surface area contributed by atoms with Crippen molar-refractivity contribution in [3.05, 3.63) is 67.9 Å². The lowest BCUT2D eigenvalue weighted by Gasteiger charge is -2.10. The van der Waals surface area contributed by atoms with Crippen molar-refractivity contribution in [2.24, 2.45) is 0 Å². The van der Waals surface area contributed by atoms with Crippen LogP contribution in [0.3, 0.4) is 0 Å². The van der Waals surface area contributed by atoms with E-state index >= 15 is 0 Å². The number of hydrogen-bond acceptors (Lipinski definition) is 3. The van der Waals surface area contributed by atoms with Crippen molar-refractivity contribution >= 4 is 27.3 Å². The molecule has 21 heavy (non-hydrogen) atoms. The Bertz CT molecular complexity index is 687. The summed E-state index contributed by atoms with van der Waals surface area (Å²) in [5.74, 6) is -3.17. The first-order chi connectivity index (χ1) is 9.90. The van der Waals surface area contributed by atoms with E-state index in [1.165, 1.54) is 12.1 Å². The van der Waals surface area contributed by atoms with Crippen molar-refractivity contribution < 1.29 is 18.1 Å². The number of anilines is 1. The maximum atomic E-state index is 13.5. The summed E-state index contributed by atoms with van der Waals surface area (Å²) in [6.45, 7) is -0.0677. The zero-order chi connectivity index (χ0) is 15.6. The number of nitrogens with zero attached hydrogens (tertiary/aromatic N) is 1. The van der Waals surface area contributed by atoms with Crippen LogP contribution in [0.4, 0.5) is 24.5 Å². The third-order valence-electron chi connectivity index (χ3n) is 2.72. The fraction of sp³-hybridized carbons (Fsp3) is 0.0769. The molecular weight excluding hydrogens is 353 g/mol. The number of benzene rings is 2. The van der Waals surface area contributed by atoms with E-state index in [1.807, 2.05) is 0 Å². The smallest absolute Gasteiger partial charge is 0.283 e. The molecule has 0 aliphatic rings. The van der Waals surface area contributed by atoms with Crippen LogP contribution in [-0.4, -0.2) is 4.92 Å². The number of hydrogen-bond donors (Lipinski definition) is 1. The van der Waals surface area contributed by atoms with Crippen LogP contribution in [-0.2, 0) is 6.54 Å². The molecule has 0 saturated heterocycles. The molecule has 0 fully saturated rings. The van der Waals surface area contributed by atoms with Crippen LogP contribution in [0.5, 0.6) is 0 Å². The molecule has 0 atom stereocenters. The number of nitrogens with one attached hydrogen (secondary N) is 1. The highest BCUT2D eigenvalue weighted by molar-refractivity contribution is 9.10. The van der Waals surface area contributed by atoms with Crippen LogP contribution in [0.2, 0.25) is 0 Å². The monoisotopic (exact) mass is 360 g/mol. The summed E-state index contributed by atoms with van der Waals surface area (Å²) < 4.78 is 39.9. The molecule has 0 amide bonds. The van der Waals surface area contributed by atoms with Gasteiger partial charge in [0.2, 0.25) is 0 Å². The lowest BCUT2D eigenvalue weighted by molar-refractivity contribution is -0.385. The zero-order valence-electron chi connectivity index (χ0n) is 10.4. The summed E-state index contributed by atoms with van der Waals surface area (Å²) in [5, 5.41) is 13.2. The minimum Gasteiger partial charge on any atom is -0.376 e. The summed E-state index contributed by atoms with van der Waals surface area (Å²) in [7, 11) is 0. The van der Waals surface area contributed by atoms with E-state index in [1.54, 1.807) is 6.07 Å². The molecule has 2 aromatic rings. The van der Waals surface area contributed by atoms with Gasteiger partial charge in [0.15, 0.2) is 11.6 Å². The summed E-state index contributed by atoms with van der Waals surface area (Å²) in [6.07, 6.45) is 0. The van der Waals surface area contributed by atoms with Crippen molar-refractivity contribution in [2.75, 3.05) is 5.32 Å². The highest BCUT2D eigenvalue weighted by atomic mass is 79.9. The van der Waals surface area contributed by atoms with E-state index in [4.69, 9.17) is 0 Å². The van der Waals surface area contributed by atoms with Crippen molar-refractivity contribution in [3.8, 4) is 0 Å². The van der Waals surface area contributed by atoms with E-state index in [0.717, 1.165) is 0 Å². The van der Waals surface area contributed by atoms with Crippen LogP contribution >= 0.6 is 15.9 Å². The predicted molar refractivity (Wildman–Crippen MR) is 74.4 cm³/mol. The second-order valence-corrected chi connectivity index (χ2v) is 4.90. The molecule has 0 unspecified atom stereocenters. The summed E-state index contributed by atoms with van der Waals surface area (Å²) in [5.41, 5.74) is -0.212. The van der Waals surface area contributed by atoms with Crippen LogP contribution in [0.1, 0.15) is 5.56 Å². The maximum Gasteiger partial charge on any atom is 0.283 e. The van der Waals surface area contributed by atoms with Gasteiger partial charge in [-0.3, -0.25) is 10.1 Å². The van der Waals surface area contributed by atoms with Crippen molar-refractivity contribution in [3.63, 3.8) is 0 Å². The second kappa shape index (κ2) is 6.13. The summed E-state index contributed by atoms with van der Waals surface area (Å²) >= 11 is 3.07. The molecule has 8 heteroatoms. The molecular formula is C13H8BrF3N2O2. The first-order valence-electron chi connectivity index (χ1n) is 5.70. The van der Waals surface area contributed by atoms with Crippen molar-refractivity contribution in [1.82, 2.24) is 0 Å². The number of nitro benzene ring substituents is 1. The number of rotatable bonds is 4. The van der Waals surface area contributed by atoms with Crippen molar-refractivity contribution in [2.45, 2.75) is 6.54 Å². The minimum atomic E-state index is -1.07. The van der Waals surface area contributed by atoms with Gasteiger partial charge in [0.05, 0.1) is 4.92 Å². The zero-order valence-corrected chi connectivity index (χ0v) is 12.0. The van der Waals surface area contributed by atoms with Gasteiger partial charge in [0.25, 0.3) is 5.69 Å². The maximum absolute atomic E-state index is 13.5. The third-order valence-corrected chi connectivity index (χ3v) is 3.63. The van der Waals surface area contributed by atoms with Crippen LogP contribution in [0, 0.1) is 27.6 Å². The SMILES string of the molecule is O=[N+]([O-])c1cccc(CNc2c(F)cc(F)cc2F)c1Br. The highest BCUT2D eigenvalue weighted by Gasteiger charge is 2.16. The fourth-order valence-electron chi connectivity index (χ4n) is 1.74. The van der Waals surface area contributed by atoms with Gasteiger partial charge in [-0.05, 0) is 21.5 Å². The Hall–Kier alpha value is -2.09. The molecule has 0 spiro atoms. The molecule has 2 aromatic carbocycles. The second-order valence-electron chi connectivity index (χ2n) is 4.11.